The number of sulfonamides is 1. The number of anilines is 2. The van der Waals surface area contributed by atoms with E-state index in [-0.39, 0.29) is 10.8 Å². The molecule has 0 bridgehead atoms. The molecule has 7 nitrogen and oxygen atoms in total. The molecule has 2 aromatic carbocycles. The summed E-state index contributed by atoms with van der Waals surface area (Å²) in [5, 5.41) is 2.47. The zero-order chi connectivity index (χ0) is 19.5. The predicted octanol–water partition coefficient (Wildman–Crippen LogP) is 2.51. The molecule has 1 amide bonds. The van der Waals surface area contributed by atoms with Gasteiger partial charge in [-0.1, -0.05) is 0 Å². The summed E-state index contributed by atoms with van der Waals surface area (Å²) in [5.41, 5.74) is -0.859. The van der Waals surface area contributed by atoms with E-state index in [9.17, 15) is 26.8 Å². The maximum absolute atomic E-state index is 13.9. The Morgan fingerprint density at radius 2 is 1.65 bits per heavy atom. The lowest BCUT2D eigenvalue weighted by atomic mass is 10.2. The van der Waals surface area contributed by atoms with Crippen LogP contribution in [0.3, 0.4) is 0 Å². The highest BCUT2D eigenvalue weighted by Crippen LogP contribution is 2.24. The molecule has 0 saturated carbocycles. The quantitative estimate of drug-likeness (QED) is 0.772. The molecule has 0 aliphatic rings. The number of hydrogen-bond donors (Lipinski definition) is 2. The molecule has 0 aromatic heterocycles. The van der Waals surface area contributed by atoms with Crippen LogP contribution in [0.25, 0.3) is 0 Å². The normalized spacial score (nSPS) is 10.9. The number of carbonyl (C=O) groups excluding carboxylic acids is 2. The minimum Gasteiger partial charge on any atom is -0.465 e. The predicted molar refractivity (Wildman–Crippen MR) is 89.3 cm³/mol. The monoisotopic (exact) mass is 384 g/mol. The fourth-order valence-corrected chi connectivity index (χ4v) is 3.08. The lowest BCUT2D eigenvalue weighted by Crippen LogP contribution is -2.16. The largest absolute Gasteiger partial charge is 0.465 e. The van der Waals surface area contributed by atoms with Gasteiger partial charge in [-0.05, 0) is 30.3 Å². The van der Waals surface area contributed by atoms with Gasteiger partial charge >= 0.3 is 5.97 Å². The van der Waals surface area contributed by atoms with Crippen molar-refractivity contribution in [3.63, 3.8) is 0 Å². The number of hydrogen-bond acceptors (Lipinski definition) is 5. The number of carbonyl (C=O) groups is 2. The minimum absolute atomic E-state index is 0.227. The minimum atomic E-state index is -4.22. The molecule has 0 fully saturated rings. The number of ether oxygens (including phenoxy) is 1. The highest BCUT2D eigenvalue weighted by Gasteiger charge is 2.21. The van der Waals surface area contributed by atoms with Gasteiger partial charge in [-0.2, -0.15) is 0 Å². The number of esters is 1. The Kier molecular flexibility index (Phi) is 5.56. The molecule has 0 saturated heterocycles. The van der Waals surface area contributed by atoms with Crippen molar-refractivity contribution in [1.29, 1.82) is 0 Å². The van der Waals surface area contributed by atoms with E-state index in [0.29, 0.717) is 17.8 Å². The van der Waals surface area contributed by atoms with Crippen LogP contribution in [-0.2, 0) is 19.6 Å². The number of halogens is 2. The van der Waals surface area contributed by atoms with Crippen LogP contribution in [0.2, 0.25) is 0 Å². The summed E-state index contributed by atoms with van der Waals surface area (Å²) in [5.74, 6) is -3.80. The summed E-state index contributed by atoms with van der Waals surface area (Å²) in [6.07, 6.45) is 0. The topological polar surface area (TPSA) is 102 Å². The van der Waals surface area contributed by atoms with Crippen LogP contribution in [0.1, 0.15) is 17.3 Å². The number of methoxy groups -OCH3 is 1. The molecule has 0 radical (unpaired) electrons. The third-order valence-corrected chi connectivity index (χ3v) is 4.57. The molecule has 2 N–H and O–H groups in total. The van der Waals surface area contributed by atoms with Crippen molar-refractivity contribution in [2.45, 2.75) is 11.8 Å². The van der Waals surface area contributed by atoms with E-state index in [1.165, 1.54) is 31.2 Å². The summed E-state index contributed by atoms with van der Waals surface area (Å²) in [6.45, 7) is 1.29. The first-order valence-electron chi connectivity index (χ1n) is 7.12. The smallest absolute Gasteiger partial charge is 0.340 e. The number of rotatable bonds is 5. The van der Waals surface area contributed by atoms with Crippen LogP contribution < -0.4 is 10.0 Å². The molecule has 138 valence electrons. The van der Waals surface area contributed by atoms with Gasteiger partial charge in [0.25, 0.3) is 10.0 Å². The van der Waals surface area contributed by atoms with E-state index in [0.717, 1.165) is 7.11 Å². The van der Waals surface area contributed by atoms with Crippen molar-refractivity contribution in [3.8, 4) is 0 Å². The fraction of sp³-hybridized carbons (Fsp3) is 0.125. The average Bonchev–Trinajstić information content (AvgIpc) is 2.56. The maximum Gasteiger partial charge on any atom is 0.340 e. The van der Waals surface area contributed by atoms with Gasteiger partial charge < -0.3 is 10.1 Å². The van der Waals surface area contributed by atoms with E-state index in [1.807, 2.05) is 4.72 Å². The Morgan fingerprint density at radius 3 is 2.19 bits per heavy atom. The molecule has 2 aromatic rings. The number of amides is 1. The van der Waals surface area contributed by atoms with Crippen LogP contribution >= 0.6 is 0 Å². The Morgan fingerprint density at radius 1 is 1.04 bits per heavy atom. The van der Waals surface area contributed by atoms with E-state index in [1.54, 1.807) is 0 Å². The SMILES string of the molecule is COC(=O)c1cc(NS(=O)(=O)c2ccc(NC(C)=O)cc2)c(F)cc1F. The molecule has 0 spiro atoms. The third-order valence-electron chi connectivity index (χ3n) is 3.19. The van der Waals surface area contributed by atoms with E-state index >= 15 is 0 Å². The van der Waals surface area contributed by atoms with Gasteiger partial charge in [-0.15, -0.1) is 0 Å². The van der Waals surface area contributed by atoms with Crippen LogP contribution in [0.5, 0.6) is 0 Å². The second-order valence-electron chi connectivity index (χ2n) is 5.11. The molecule has 0 unspecified atom stereocenters. The second kappa shape index (κ2) is 7.48. The molecular formula is C16H14F2N2O5S. The van der Waals surface area contributed by atoms with Gasteiger partial charge in [0, 0.05) is 18.7 Å². The Labute approximate surface area is 148 Å². The Hall–Kier alpha value is -3.01. The highest BCUT2D eigenvalue weighted by molar-refractivity contribution is 7.92. The summed E-state index contributed by atoms with van der Waals surface area (Å²) in [6, 6.07) is 6.16. The lowest BCUT2D eigenvalue weighted by Gasteiger charge is -2.11. The molecule has 10 heteroatoms. The molecule has 26 heavy (non-hydrogen) atoms. The molecule has 0 aliphatic heterocycles. The van der Waals surface area contributed by atoms with Gasteiger partial charge in [-0.3, -0.25) is 9.52 Å². The number of nitrogens with one attached hydrogen (secondary N) is 2. The first-order chi connectivity index (χ1) is 12.1. The van der Waals surface area contributed by atoms with E-state index in [2.05, 4.69) is 10.1 Å². The van der Waals surface area contributed by atoms with Crippen molar-refractivity contribution in [2.75, 3.05) is 17.1 Å². The van der Waals surface area contributed by atoms with Crippen molar-refractivity contribution in [3.05, 3.63) is 53.6 Å². The summed E-state index contributed by atoms with van der Waals surface area (Å²) in [7, 11) is -3.21. The third kappa shape index (κ3) is 4.33. The average molecular weight is 384 g/mol. The highest BCUT2D eigenvalue weighted by atomic mass is 32.2. The van der Waals surface area contributed by atoms with Crippen LogP contribution in [0.15, 0.2) is 41.3 Å². The van der Waals surface area contributed by atoms with Gasteiger partial charge in [0.05, 0.1) is 23.3 Å². The van der Waals surface area contributed by atoms with Gasteiger partial charge in [0.2, 0.25) is 5.91 Å². The van der Waals surface area contributed by atoms with Crippen LogP contribution in [0.4, 0.5) is 20.2 Å². The Balaban J connectivity index is 2.34. The molecule has 2 rings (SSSR count). The second-order valence-corrected chi connectivity index (χ2v) is 6.80. The summed E-state index contributed by atoms with van der Waals surface area (Å²) in [4.78, 5) is 22.2. The maximum atomic E-state index is 13.9. The Bertz CT molecular complexity index is 959. The van der Waals surface area contributed by atoms with Gasteiger partial charge in [0.15, 0.2) is 0 Å². The molecular weight excluding hydrogens is 370 g/mol. The standard InChI is InChI=1S/C16H14F2N2O5S/c1-9(21)19-10-3-5-11(6-4-10)26(23,24)20-15-7-12(16(22)25-2)13(17)8-14(15)18/h3-8,20H,1-2H3,(H,19,21). The van der Waals surface area contributed by atoms with Crippen molar-refractivity contribution < 1.29 is 31.5 Å². The number of benzene rings is 2. The van der Waals surface area contributed by atoms with Crippen molar-refractivity contribution >= 4 is 33.3 Å². The van der Waals surface area contributed by atoms with Crippen LogP contribution in [0, 0.1) is 11.6 Å². The van der Waals surface area contributed by atoms with Gasteiger partial charge in [0.1, 0.15) is 11.6 Å². The zero-order valence-electron chi connectivity index (χ0n) is 13.7. The summed E-state index contributed by atoms with van der Waals surface area (Å²) >= 11 is 0. The zero-order valence-corrected chi connectivity index (χ0v) is 14.5. The molecule has 0 aliphatic carbocycles. The van der Waals surface area contributed by atoms with Gasteiger partial charge in [-0.25, -0.2) is 22.0 Å². The summed E-state index contributed by atoms with van der Waals surface area (Å²) < 4.78 is 58.5. The van der Waals surface area contributed by atoms with Crippen LogP contribution in [-0.4, -0.2) is 27.4 Å². The van der Waals surface area contributed by atoms with E-state index in [4.69, 9.17) is 0 Å². The molecule has 0 atom stereocenters. The molecule has 0 heterocycles. The van der Waals surface area contributed by atoms with E-state index < -0.39 is 38.9 Å². The van der Waals surface area contributed by atoms with Crippen molar-refractivity contribution in [1.82, 2.24) is 0 Å². The first-order valence-corrected chi connectivity index (χ1v) is 8.60. The first kappa shape index (κ1) is 19.3. The van der Waals surface area contributed by atoms with Crippen molar-refractivity contribution in [2.24, 2.45) is 0 Å². The lowest BCUT2D eigenvalue weighted by molar-refractivity contribution is -0.114. The fourth-order valence-electron chi connectivity index (χ4n) is 2.02.